The molecule has 4 heteroatoms. The maximum atomic E-state index is 12.1. The van der Waals surface area contributed by atoms with Crippen LogP contribution in [0.3, 0.4) is 0 Å². The Morgan fingerprint density at radius 1 is 1.59 bits per heavy atom. The molecule has 4 nitrogen and oxygen atoms in total. The molecule has 1 aliphatic rings. The summed E-state index contributed by atoms with van der Waals surface area (Å²) in [5.74, 6) is 0.553. The molecule has 1 heterocycles. The van der Waals surface area contributed by atoms with E-state index in [1.54, 1.807) is 0 Å². The average molecular weight is 242 g/mol. The molecule has 1 saturated heterocycles. The van der Waals surface area contributed by atoms with Crippen LogP contribution in [0, 0.1) is 5.92 Å². The summed E-state index contributed by atoms with van der Waals surface area (Å²) in [6.07, 6.45) is 5.84. The van der Waals surface area contributed by atoms with Gasteiger partial charge in [0.2, 0.25) is 5.91 Å². The molecule has 1 unspecified atom stereocenters. The number of likely N-dealkylation sites (tertiary alicyclic amines) is 1. The maximum absolute atomic E-state index is 12.1. The second-order valence-corrected chi connectivity index (χ2v) is 5.05. The van der Waals surface area contributed by atoms with Crippen LogP contribution in [0.5, 0.6) is 0 Å². The molecule has 2 atom stereocenters. The summed E-state index contributed by atoms with van der Waals surface area (Å²) in [6.45, 7) is 3.93. The molecule has 1 aliphatic heterocycles. The van der Waals surface area contributed by atoms with Crippen molar-refractivity contribution >= 4 is 5.91 Å². The van der Waals surface area contributed by atoms with Crippen LogP contribution < -0.4 is 5.73 Å². The number of aliphatic hydroxyl groups excluding tert-OH is 1. The van der Waals surface area contributed by atoms with E-state index in [1.807, 2.05) is 4.90 Å². The molecule has 0 spiro atoms. The zero-order chi connectivity index (χ0) is 12.7. The Hall–Kier alpha value is -0.610. The molecule has 100 valence electrons. The highest BCUT2D eigenvalue weighted by molar-refractivity contribution is 5.81. The molecule has 1 fully saturated rings. The average Bonchev–Trinajstić information content (AvgIpc) is 2.35. The van der Waals surface area contributed by atoms with E-state index < -0.39 is 0 Å². The number of aliphatic hydroxyl groups is 1. The molecule has 0 saturated carbocycles. The highest BCUT2D eigenvalue weighted by Crippen LogP contribution is 2.20. The third-order valence-corrected chi connectivity index (χ3v) is 3.55. The first-order chi connectivity index (χ1) is 8.19. The van der Waals surface area contributed by atoms with Crippen LogP contribution in [0.2, 0.25) is 0 Å². The standard InChI is InChI=1S/C13H26N2O2/c1-2-3-6-12(14)13(17)15-8-4-5-11(10-15)7-9-16/h11-12,16H,2-10,14H2,1H3/t11?,12-/m0/s1. The van der Waals surface area contributed by atoms with E-state index in [-0.39, 0.29) is 18.6 Å². The van der Waals surface area contributed by atoms with Crippen molar-refractivity contribution in [1.82, 2.24) is 4.90 Å². The van der Waals surface area contributed by atoms with Gasteiger partial charge in [-0.3, -0.25) is 4.79 Å². The molecule has 1 amide bonds. The van der Waals surface area contributed by atoms with Crippen molar-refractivity contribution in [3.63, 3.8) is 0 Å². The van der Waals surface area contributed by atoms with Gasteiger partial charge in [0.25, 0.3) is 0 Å². The Balaban J connectivity index is 2.39. The van der Waals surface area contributed by atoms with E-state index in [4.69, 9.17) is 10.8 Å². The van der Waals surface area contributed by atoms with Crippen LogP contribution in [0.25, 0.3) is 0 Å². The van der Waals surface area contributed by atoms with Crippen LogP contribution in [0.15, 0.2) is 0 Å². The lowest BCUT2D eigenvalue weighted by molar-refractivity contribution is -0.134. The second kappa shape index (κ2) is 7.67. The van der Waals surface area contributed by atoms with Gasteiger partial charge >= 0.3 is 0 Å². The Labute approximate surface area is 104 Å². The minimum absolute atomic E-state index is 0.0982. The lowest BCUT2D eigenvalue weighted by Gasteiger charge is -2.34. The molecule has 17 heavy (non-hydrogen) atoms. The zero-order valence-electron chi connectivity index (χ0n) is 10.9. The number of amides is 1. The van der Waals surface area contributed by atoms with E-state index in [0.29, 0.717) is 5.92 Å². The number of carbonyl (C=O) groups excluding carboxylic acids is 1. The number of hydrogen-bond donors (Lipinski definition) is 2. The quantitative estimate of drug-likeness (QED) is 0.733. The lowest BCUT2D eigenvalue weighted by Crippen LogP contribution is -2.48. The SMILES string of the molecule is CCCC[C@H](N)C(=O)N1CCCC(CCO)C1. The van der Waals surface area contributed by atoms with Gasteiger partial charge in [-0.25, -0.2) is 0 Å². The summed E-state index contributed by atoms with van der Waals surface area (Å²) in [4.78, 5) is 14.0. The Kier molecular flexibility index (Phi) is 6.52. The summed E-state index contributed by atoms with van der Waals surface area (Å²) in [6, 6.07) is -0.331. The topological polar surface area (TPSA) is 66.6 Å². The van der Waals surface area contributed by atoms with E-state index in [0.717, 1.165) is 51.6 Å². The van der Waals surface area contributed by atoms with Gasteiger partial charge in [0.05, 0.1) is 6.04 Å². The fraction of sp³-hybridized carbons (Fsp3) is 0.923. The van der Waals surface area contributed by atoms with Crippen LogP contribution in [-0.4, -0.2) is 41.7 Å². The van der Waals surface area contributed by atoms with Crippen LogP contribution in [0.1, 0.15) is 45.4 Å². The summed E-state index contributed by atoms with van der Waals surface area (Å²) < 4.78 is 0. The first-order valence-corrected chi connectivity index (χ1v) is 6.84. The fourth-order valence-electron chi connectivity index (χ4n) is 2.47. The third-order valence-electron chi connectivity index (χ3n) is 3.55. The monoisotopic (exact) mass is 242 g/mol. The van der Waals surface area contributed by atoms with Gasteiger partial charge < -0.3 is 15.7 Å². The maximum Gasteiger partial charge on any atom is 0.239 e. The van der Waals surface area contributed by atoms with Crippen LogP contribution >= 0.6 is 0 Å². The summed E-state index contributed by atoms with van der Waals surface area (Å²) in [5, 5.41) is 8.94. The predicted octanol–water partition coefficient (Wildman–Crippen LogP) is 1.12. The first kappa shape index (κ1) is 14.5. The predicted molar refractivity (Wildman–Crippen MR) is 68.5 cm³/mol. The zero-order valence-corrected chi connectivity index (χ0v) is 10.9. The molecule has 0 aromatic rings. The number of nitrogens with two attached hydrogens (primary N) is 1. The first-order valence-electron chi connectivity index (χ1n) is 6.84. The van der Waals surface area contributed by atoms with Crippen molar-refractivity contribution in [2.45, 2.75) is 51.5 Å². The Morgan fingerprint density at radius 3 is 3.00 bits per heavy atom. The Morgan fingerprint density at radius 2 is 2.35 bits per heavy atom. The largest absolute Gasteiger partial charge is 0.396 e. The highest BCUT2D eigenvalue weighted by atomic mass is 16.3. The third kappa shape index (κ3) is 4.64. The van der Waals surface area contributed by atoms with Gasteiger partial charge in [0, 0.05) is 19.7 Å². The molecule has 0 aliphatic carbocycles. The van der Waals surface area contributed by atoms with E-state index in [9.17, 15) is 4.79 Å². The van der Waals surface area contributed by atoms with Gasteiger partial charge in [-0.1, -0.05) is 19.8 Å². The van der Waals surface area contributed by atoms with Crippen molar-refractivity contribution in [3.8, 4) is 0 Å². The molecule has 0 bridgehead atoms. The number of piperidine rings is 1. The number of nitrogens with zero attached hydrogens (tertiary/aromatic N) is 1. The van der Waals surface area contributed by atoms with Gasteiger partial charge in [-0.15, -0.1) is 0 Å². The van der Waals surface area contributed by atoms with Gasteiger partial charge in [0.1, 0.15) is 0 Å². The molecule has 3 N–H and O–H groups in total. The van der Waals surface area contributed by atoms with Crippen molar-refractivity contribution in [2.24, 2.45) is 11.7 Å². The molecule has 0 aromatic carbocycles. The highest BCUT2D eigenvalue weighted by Gasteiger charge is 2.26. The number of unbranched alkanes of at least 4 members (excludes halogenated alkanes) is 1. The summed E-state index contributed by atoms with van der Waals surface area (Å²) >= 11 is 0. The molecule has 1 rings (SSSR count). The smallest absolute Gasteiger partial charge is 0.239 e. The number of hydrogen-bond acceptors (Lipinski definition) is 3. The van der Waals surface area contributed by atoms with Crippen molar-refractivity contribution in [3.05, 3.63) is 0 Å². The van der Waals surface area contributed by atoms with Crippen molar-refractivity contribution in [1.29, 1.82) is 0 Å². The number of carbonyl (C=O) groups is 1. The van der Waals surface area contributed by atoms with E-state index in [1.165, 1.54) is 0 Å². The van der Waals surface area contributed by atoms with Crippen molar-refractivity contribution in [2.75, 3.05) is 19.7 Å². The Bertz CT molecular complexity index is 231. The van der Waals surface area contributed by atoms with Crippen LogP contribution in [-0.2, 0) is 4.79 Å². The lowest BCUT2D eigenvalue weighted by atomic mass is 9.94. The van der Waals surface area contributed by atoms with Gasteiger partial charge in [-0.05, 0) is 31.6 Å². The van der Waals surface area contributed by atoms with Crippen molar-refractivity contribution < 1.29 is 9.90 Å². The second-order valence-electron chi connectivity index (χ2n) is 5.05. The van der Waals surface area contributed by atoms with Gasteiger partial charge in [-0.2, -0.15) is 0 Å². The minimum atomic E-state index is -0.331. The normalized spacial score (nSPS) is 22.5. The minimum Gasteiger partial charge on any atom is -0.396 e. The summed E-state index contributed by atoms with van der Waals surface area (Å²) in [7, 11) is 0. The molecular formula is C13H26N2O2. The fourth-order valence-corrected chi connectivity index (χ4v) is 2.47. The van der Waals surface area contributed by atoms with Gasteiger partial charge in [0.15, 0.2) is 0 Å². The van der Waals surface area contributed by atoms with E-state index in [2.05, 4.69) is 6.92 Å². The molecular weight excluding hydrogens is 216 g/mol. The molecule has 0 radical (unpaired) electrons. The molecule has 0 aromatic heterocycles. The van der Waals surface area contributed by atoms with Crippen LogP contribution in [0.4, 0.5) is 0 Å². The van der Waals surface area contributed by atoms with E-state index >= 15 is 0 Å². The summed E-state index contributed by atoms with van der Waals surface area (Å²) in [5.41, 5.74) is 5.91. The number of rotatable bonds is 6.